The van der Waals surface area contributed by atoms with Crippen LogP contribution in [-0.4, -0.2) is 17.4 Å². The molecule has 0 aromatic heterocycles. The van der Waals surface area contributed by atoms with Crippen molar-refractivity contribution in [3.63, 3.8) is 0 Å². The van der Waals surface area contributed by atoms with E-state index >= 15 is 0 Å². The second kappa shape index (κ2) is 2.73. The summed E-state index contributed by atoms with van der Waals surface area (Å²) < 4.78 is 4.89. The molecule has 0 amide bonds. The van der Waals surface area contributed by atoms with E-state index < -0.39 is 17.5 Å². The van der Waals surface area contributed by atoms with Crippen LogP contribution in [0.3, 0.4) is 0 Å². The van der Waals surface area contributed by atoms with Crippen molar-refractivity contribution in [2.24, 2.45) is 5.92 Å². The van der Waals surface area contributed by atoms with Crippen molar-refractivity contribution in [3.05, 3.63) is 12.7 Å². The Morgan fingerprint density at radius 2 is 2.17 bits per heavy atom. The van der Waals surface area contributed by atoms with Gasteiger partial charge in [-0.25, -0.2) is 0 Å². The van der Waals surface area contributed by atoms with Crippen LogP contribution in [0.4, 0.5) is 0 Å². The molecule has 1 saturated heterocycles. The molecule has 0 bridgehead atoms. The van der Waals surface area contributed by atoms with E-state index in [2.05, 4.69) is 6.58 Å². The lowest BCUT2D eigenvalue weighted by atomic mass is 9.93. The molecule has 0 aromatic rings. The highest BCUT2D eigenvalue weighted by molar-refractivity contribution is 6.08. The quantitative estimate of drug-likeness (QED) is 0.352. The Morgan fingerprint density at radius 3 is 2.50 bits per heavy atom. The van der Waals surface area contributed by atoms with E-state index in [-0.39, 0.29) is 5.78 Å². The molecule has 0 N–H and O–H groups in total. The highest BCUT2D eigenvalue weighted by atomic mass is 16.6. The SMILES string of the molecule is C=CC[C@H]1C(=O)OC(C)(C)C1=O. The monoisotopic (exact) mass is 168 g/mol. The smallest absolute Gasteiger partial charge is 0.317 e. The van der Waals surface area contributed by atoms with Crippen molar-refractivity contribution >= 4 is 11.8 Å². The van der Waals surface area contributed by atoms with Crippen molar-refractivity contribution in [3.8, 4) is 0 Å². The van der Waals surface area contributed by atoms with E-state index in [4.69, 9.17) is 4.74 Å². The second-order valence-corrected chi connectivity index (χ2v) is 3.37. The van der Waals surface area contributed by atoms with Crippen LogP contribution in [0.15, 0.2) is 12.7 Å². The van der Waals surface area contributed by atoms with Gasteiger partial charge in [-0.2, -0.15) is 0 Å². The summed E-state index contributed by atoms with van der Waals surface area (Å²) in [6.07, 6.45) is 1.94. The normalized spacial score (nSPS) is 27.0. The molecule has 0 radical (unpaired) electrons. The van der Waals surface area contributed by atoms with E-state index in [1.807, 2.05) is 0 Å². The first-order valence-electron chi connectivity index (χ1n) is 3.87. The summed E-state index contributed by atoms with van der Waals surface area (Å²) in [4.78, 5) is 22.5. The summed E-state index contributed by atoms with van der Waals surface area (Å²) in [6, 6.07) is 0. The number of ketones is 1. The fraction of sp³-hybridized carbons (Fsp3) is 0.556. The van der Waals surface area contributed by atoms with Gasteiger partial charge in [0.05, 0.1) is 0 Å². The third-order valence-corrected chi connectivity index (χ3v) is 1.95. The van der Waals surface area contributed by atoms with Gasteiger partial charge in [-0.1, -0.05) is 6.08 Å². The summed E-state index contributed by atoms with van der Waals surface area (Å²) in [5.74, 6) is -1.20. The number of carbonyl (C=O) groups is 2. The number of hydrogen-bond acceptors (Lipinski definition) is 3. The molecule has 1 aliphatic rings. The Balaban J connectivity index is 2.85. The zero-order chi connectivity index (χ0) is 9.35. The Hall–Kier alpha value is -1.12. The third kappa shape index (κ3) is 1.26. The highest BCUT2D eigenvalue weighted by Crippen LogP contribution is 2.28. The summed E-state index contributed by atoms with van der Waals surface area (Å²) >= 11 is 0. The van der Waals surface area contributed by atoms with Crippen molar-refractivity contribution in [2.45, 2.75) is 25.9 Å². The standard InChI is InChI=1S/C9H12O3/c1-4-5-6-7(10)9(2,3)12-8(6)11/h4,6H,1,5H2,2-3H3/t6-/m1/s1. The minimum Gasteiger partial charge on any atom is -0.451 e. The molecule has 0 aliphatic carbocycles. The number of hydrogen-bond donors (Lipinski definition) is 0. The number of ether oxygens (including phenoxy) is 1. The van der Waals surface area contributed by atoms with Crippen LogP contribution in [0, 0.1) is 5.92 Å². The fourth-order valence-corrected chi connectivity index (χ4v) is 1.27. The molecule has 1 atom stereocenters. The number of rotatable bonds is 2. The van der Waals surface area contributed by atoms with Gasteiger partial charge in [-0.05, 0) is 20.3 Å². The van der Waals surface area contributed by atoms with Gasteiger partial charge in [0.2, 0.25) is 0 Å². The first-order chi connectivity index (χ1) is 5.49. The van der Waals surface area contributed by atoms with Gasteiger partial charge in [0.1, 0.15) is 5.92 Å². The van der Waals surface area contributed by atoms with Crippen LogP contribution in [0.25, 0.3) is 0 Å². The number of cyclic esters (lactones) is 1. The van der Waals surface area contributed by atoms with Gasteiger partial charge in [0, 0.05) is 0 Å². The van der Waals surface area contributed by atoms with E-state index in [1.54, 1.807) is 19.9 Å². The molecular weight excluding hydrogens is 156 g/mol. The van der Waals surface area contributed by atoms with Crippen molar-refractivity contribution in [2.75, 3.05) is 0 Å². The number of Topliss-reactive ketones (excluding diaryl/α,β-unsaturated/α-hetero) is 1. The Kier molecular flexibility index (Phi) is 2.04. The average molecular weight is 168 g/mol. The minimum atomic E-state index is -0.940. The van der Waals surface area contributed by atoms with E-state index in [0.29, 0.717) is 6.42 Å². The molecule has 0 saturated carbocycles. The summed E-state index contributed by atoms with van der Waals surface area (Å²) in [7, 11) is 0. The maximum absolute atomic E-state index is 11.4. The molecule has 0 unspecified atom stereocenters. The maximum Gasteiger partial charge on any atom is 0.317 e. The van der Waals surface area contributed by atoms with Crippen LogP contribution >= 0.6 is 0 Å². The van der Waals surface area contributed by atoms with Gasteiger partial charge in [-0.15, -0.1) is 6.58 Å². The molecule has 1 fully saturated rings. The second-order valence-electron chi connectivity index (χ2n) is 3.37. The van der Waals surface area contributed by atoms with Gasteiger partial charge < -0.3 is 4.74 Å². The fourth-order valence-electron chi connectivity index (χ4n) is 1.27. The Morgan fingerprint density at radius 1 is 1.58 bits per heavy atom. The number of carbonyl (C=O) groups excluding carboxylic acids is 2. The molecule has 0 aromatic carbocycles. The predicted molar refractivity (Wildman–Crippen MR) is 43.5 cm³/mol. The molecule has 12 heavy (non-hydrogen) atoms. The molecule has 1 aliphatic heterocycles. The zero-order valence-corrected chi connectivity index (χ0v) is 7.29. The van der Waals surface area contributed by atoms with E-state index in [9.17, 15) is 9.59 Å². The van der Waals surface area contributed by atoms with Crippen LogP contribution in [0.5, 0.6) is 0 Å². The van der Waals surface area contributed by atoms with Gasteiger partial charge in [-0.3, -0.25) is 9.59 Å². The molecule has 0 spiro atoms. The predicted octanol–water partition coefficient (Wildman–Crippen LogP) is 1.08. The van der Waals surface area contributed by atoms with Crippen LogP contribution in [0.1, 0.15) is 20.3 Å². The zero-order valence-electron chi connectivity index (χ0n) is 7.29. The Labute approximate surface area is 71.4 Å². The molecule has 3 heteroatoms. The number of esters is 1. The van der Waals surface area contributed by atoms with Crippen molar-refractivity contribution in [1.82, 2.24) is 0 Å². The highest BCUT2D eigenvalue weighted by Gasteiger charge is 2.48. The largest absolute Gasteiger partial charge is 0.451 e. The van der Waals surface area contributed by atoms with Crippen molar-refractivity contribution < 1.29 is 14.3 Å². The topological polar surface area (TPSA) is 43.4 Å². The first kappa shape index (κ1) is 8.97. The average Bonchev–Trinajstić information content (AvgIpc) is 2.13. The molecular formula is C9H12O3. The van der Waals surface area contributed by atoms with Crippen LogP contribution in [0.2, 0.25) is 0 Å². The lowest BCUT2D eigenvalue weighted by Crippen LogP contribution is -2.29. The van der Waals surface area contributed by atoms with E-state index in [0.717, 1.165) is 0 Å². The summed E-state index contributed by atoms with van der Waals surface area (Å²) in [5, 5.41) is 0. The van der Waals surface area contributed by atoms with E-state index in [1.165, 1.54) is 0 Å². The first-order valence-corrected chi connectivity index (χ1v) is 3.87. The molecule has 66 valence electrons. The molecule has 3 nitrogen and oxygen atoms in total. The minimum absolute atomic E-state index is 0.146. The molecule has 1 heterocycles. The lowest BCUT2D eigenvalue weighted by molar-refractivity contribution is -0.149. The van der Waals surface area contributed by atoms with Gasteiger partial charge in [0.15, 0.2) is 11.4 Å². The number of allylic oxidation sites excluding steroid dienone is 1. The summed E-state index contributed by atoms with van der Waals surface area (Å²) in [5.41, 5.74) is -0.940. The third-order valence-electron chi connectivity index (χ3n) is 1.95. The van der Waals surface area contributed by atoms with Crippen molar-refractivity contribution in [1.29, 1.82) is 0 Å². The Bertz CT molecular complexity index is 240. The molecule has 1 rings (SSSR count). The van der Waals surface area contributed by atoms with Gasteiger partial charge >= 0.3 is 5.97 Å². The van der Waals surface area contributed by atoms with Crippen LogP contribution in [-0.2, 0) is 14.3 Å². The van der Waals surface area contributed by atoms with Crippen LogP contribution < -0.4 is 0 Å². The van der Waals surface area contributed by atoms with Gasteiger partial charge in [0.25, 0.3) is 0 Å². The summed E-state index contributed by atoms with van der Waals surface area (Å²) in [6.45, 7) is 6.70. The lowest BCUT2D eigenvalue weighted by Gasteiger charge is -2.12. The maximum atomic E-state index is 11.4.